The van der Waals surface area contributed by atoms with Crippen molar-refractivity contribution >= 4 is 23.3 Å². The molecule has 0 saturated heterocycles. The molecular formula is C15H18O7. The first kappa shape index (κ1) is 17.8. The van der Waals surface area contributed by atoms with E-state index in [4.69, 9.17) is 14.3 Å². The molecule has 0 fully saturated rings. The maximum Gasteiger partial charge on any atom is 0.305 e. The summed E-state index contributed by atoms with van der Waals surface area (Å²) in [6.07, 6.45) is 0.389. The lowest BCUT2D eigenvalue weighted by Gasteiger charge is -2.00. The Balaban J connectivity index is 2.48. The molecule has 0 aliphatic rings. The van der Waals surface area contributed by atoms with E-state index >= 15 is 0 Å². The molecule has 1 aromatic heterocycles. The molecule has 22 heavy (non-hydrogen) atoms. The summed E-state index contributed by atoms with van der Waals surface area (Å²) in [5.74, 6) is -2.08. The molecule has 1 rings (SSSR count). The number of furan rings is 1. The molecule has 1 aromatic rings. The highest BCUT2D eigenvalue weighted by molar-refractivity contribution is 6.42. The van der Waals surface area contributed by atoms with Crippen molar-refractivity contribution in [3.63, 3.8) is 0 Å². The largest absolute Gasteiger partial charge is 0.457 e. The van der Waals surface area contributed by atoms with Gasteiger partial charge in [0.1, 0.15) is 19.0 Å². The molecule has 1 N–H and O–H groups in total. The van der Waals surface area contributed by atoms with Gasteiger partial charge in [-0.15, -0.1) is 0 Å². The van der Waals surface area contributed by atoms with Crippen LogP contribution in [0.1, 0.15) is 48.9 Å². The fourth-order valence-electron chi connectivity index (χ4n) is 1.61. The standard InChI is InChI=1S/C15H18O7/c1-2-14(19)21-9-11-6-7-13(22-11)15(20)12(18)5-3-4-10(17)8-16/h6-7,16H,2-5,8-9H2,1H3. The first-order chi connectivity index (χ1) is 10.5. The van der Waals surface area contributed by atoms with Crippen LogP contribution in [0.3, 0.4) is 0 Å². The predicted octanol–water partition coefficient (Wildman–Crippen LogP) is 1.22. The zero-order valence-electron chi connectivity index (χ0n) is 12.3. The van der Waals surface area contributed by atoms with Gasteiger partial charge in [0.05, 0.1) is 0 Å². The molecule has 120 valence electrons. The van der Waals surface area contributed by atoms with Crippen LogP contribution in [0.4, 0.5) is 0 Å². The van der Waals surface area contributed by atoms with Crippen molar-refractivity contribution in [3.05, 3.63) is 23.7 Å². The number of carbonyl (C=O) groups excluding carboxylic acids is 4. The van der Waals surface area contributed by atoms with Crippen LogP contribution >= 0.6 is 0 Å². The van der Waals surface area contributed by atoms with Crippen LogP contribution in [0.25, 0.3) is 0 Å². The summed E-state index contributed by atoms with van der Waals surface area (Å²) in [4.78, 5) is 45.4. The van der Waals surface area contributed by atoms with Crippen molar-refractivity contribution in [1.82, 2.24) is 0 Å². The maximum absolute atomic E-state index is 11.8. The lowest BCUT2D eigenvalue weighted by atomic mass is 10.1. The first-order valence-electron chi connectivity index (χ1n) is 6.92. The summed E-state index contributed by atoms with van der Waals surface area (Å²) >= 11 is 0. The van der Waals surface area contributed by atoms with Gasteiger partial charge < -0.3 is 14.3 Å². The molecule has 0 saturated carbocycles. The topological polar surface area (TPSA) is 111 Å². The quantitative estimate of drug-likeness (QED) is 0.393. The summed E-state index contributed by atoms with van der Waals surface area (Å²) in [5, 5.41) is 8.55. The van der Waals surface area contributed by atoms with Crippen LogP contribution in [-0.2, 0) is 25.7 Å². The van der Waals surface area contributed by atoms with Crippen LogP contribution in [0.5, 0.6) is 0 Å². The second-order valence-corrected chi connectivity index (χ2v) is 4.58. The summed E-state index contributed by atoms with van der Waals surface area (Å²) in [6, 6.07) is 2.80. The van der Waals surface area contributed by atoms with Crippen LogP contribution in [0.2, 0.25) is 0 Å². The molecule has 0 aromatic carbocycles. The molecule has 0 unspecified atom stereocenters. The zero-order valence-corrected chi connectivity index (χ0v) is 12.3. The number of hydrogen-bond acceptors (Lipinski definition) is 7. The van der Waals surface area contributed by atoms with Gasteiger partial charge in [-0.2, -0.15) is 0 Å². The van der Waals surface area contributed by atoms with Gasteiger partial charge in [0.15, 0.2) is 11.5 Å². The molecule has 0 atom stereocenters. The van der Waals surface area contributed by atoms with E-state index in [1.54, 1.807) is 6.92 Å². The van der Waals surface area contributed by atoms with E-state index < -0.39 is 24.1 Å². The molecule has 1 heterocycles. The van der Waals surface area contributed by atoms with Crippen molar-refractivity contribution in [2.75, 3.05) is 6.61 Å². The number of rotatable bonds is 10. The fraction of sp³-hybridized carbons (Fsp3) is 0.467. The van der Waals surface area contributed by atoms with Gasteiger partial charge in [0.25, 0.3) is 5.78 Å². The number of ketones is 3. The van der Waals surface area contributed by atoms with Crippen molar-refractivity contribution in [2.24, 2.45) is 0 Å². The number of ether oxygens (including phenoxy) is 1. The second kappa shape index (κ2) is 8.89. The number of carbonyl (C=O) groups is 4. The Hall–Kier alpha value is -2.28. The number of aliphatic hydroxyl groups is 1. The Kier molecular flexibility index (Phi) is 7.18. The van der Waals surface area contributed by atoms with Crippen molar-refractivity contribution in [1.29, 1.82) is 0 Å². The normalized spacial score (nSPS) is 10.3. The smallest absolute Gasteiger partial charge is 0.305 e. The van der Waals surface area contributed by atoms with Gasteiger partial charge in [0.2, 0.25) is 5.78 Å². The summed E-state index contributed by atoms with van der Waals surface area (Å²) < 4.78 is 10.00. The fourth-order valence-corrected chi connectivity index (χ4v) is 1.61. The van der Waals surface area contributed by atoms with Gasteiger partial charge >= 0.3 is 5.97 Å². The Morgan fingerprint density at radius 2 is 1.91 bits per heavy atom. The highest BCUT2D eigenvalue weighted by Crippen LogP contribution is 2.12. The Bertz CT molecular complexity index is 556. The van der Waals surface area contributed by atoms with Crippen molar-refractivity contribution in [3.8, 4) is 0 Å². The van der Waals surface area contributed by atoms with E-state index in [1.165, 1.54) is 12.1 Å². The molecule has 0 aliphatic carbocycles. The monoisotopic (exact) mass is 310 g/mol. The molecule has 0 amide bonds. The third-order valence-electron chi connectivity index (χ3n) is 2.84. The predicted molar refractivity (Wildman–Crippen MR) is 74.1 cm³/mol. The number of aliphatic hydroxyl groups excluding tert-OH is 1. The highest BCUT2D eigenvalue weighted by atomic mass is 16.5. The van der Waals surface area contributed by atoms with E-state index in [2.05, 4.69) is 0 Å². The number of Topliss-reactive ketones (excluding diaryl/α,β-unsaturated/α-hetero) is 3. The molecule has 0 radical (unpaired) electrons. The number of esters is 1. The summed E-state index contributed by atoms with van der Waals surface area (Å²) in [7, 11) is 0. The average molecular weight is 310 g/mol. The maximum atomic E-state index is 11.8. The highest BCUT2D eigenvalue weighted by Gasteiger charge is 2.20. The van der Waals surface area contributed by atoms with Gasteiger partial charge in [-0.3, -0.25) is 19.2 Å². The van der Waals surface area contributed by atoms with E-state index in [0.29, 0.717) is 0 Å². The van der Waals surface area contributed by atoms with Gasteiger partial charge in [-0.1, -0.05) is 6.92 Å². The molecule has 7 nitrogen and oxygen atoms in total. The molecule has 0 aliphatic heterocycles. The van der Waals surface area contributed by atoms with E-state index in [-0.39, 0.29) is 49.6 Å². The van der Waals surface area contributed by atoms with Crippen LogP contribution in [0, 0.1) is 0 Å². The van der Waals surface area contributed by atoms with E-state index in [9.17, 15) is 19.2 Å². The van der Waals surface area contributed by atoms with Crippen LogP contribution in [0.15, 0.2) is 16.5 Å². The molecular weight excluding hydrogens is 292 g/mol. The van der Waals surface area contributed by atoms with Crippen molar-refractivity contribution < 1.29 is 33.4 Å². The van der Waals surface area contributed by atoms with Crippen LogP contribution in [-0.4, -0.2) is 35.0 Å². The summed E-state index contributed by atoms with van der Waals surface area (Å²) in [5.41, 5.74) is 0. The first-order valence-corrected chi connectivity index (χ1v) is 6.92. The SMILES string of the molecule is CCC(=O)OCc1ccc(C(=O)C(=O)CCCC(=O)CO)o1. The molecule has 7 heteroatoms. The Morgan fingerprint density at radius 3 is 2.55 bits per heavy atom. The minimum absolute atomic E-state index is 0.0475. The third-order valence-corrected chi connectivity index (χ3v) is 2.84. The molecule has 0 bridgehead atoms. The minimum Gasteiger partial charge on any atom is -0.457 e. The third kappa shape index (κ3) is 5.61. The second-order valence-electron chi connectivity index (χ2n) is 4.58. The van der Waals surface area contributed by atoms with Gasteiger partial charge in [-0.05, 0) is 18.6 Å². The average Bonchev–Trinajstić information content (AvgIpc) is 3.00. The molecule has 0 spiro atoms. The van der Waals surface area contributed by atoms with E-state index in [1.807, 2.05) is 0 Å². The lowest BCUT2D eigenvalue weighted by Crippen LogP contribution is -2.14. The van der Waals surface area contributed by atoms with Gasteiger partial charge in [0, 0.05) is 19.3 Å². The minimum atomic E-state index is -0.787. The Morgan fingerprint density at radius 1 is 1.18 bits per heavy atom. The van der Waals surface area contributed by atoms with E-state index in [0.717, 1.165) is 0 Å². The summed E-state index contributed by atoms with van der Waals surface area (Å²) in [6.45, 7) is 0.985. The lowest BCUT2D eigenvalue weighted by molar-refractivity contribution is -0.145. The Labute approximate surface area is 127 Å². The number of hydrogen-bond donors (Lipinski definition) is 1. The van der Waals surface area contributed by atoms with Crippen LogP contribution < -0.4 is 0 Å². The van der Waals surface area contributed by atoms with Gasteiger partial charge in [-0.25, -0.2) is 0 Å². The zero-order chi connectivity index (χ0) is 16.5. The van der Waals surface area contributed by atoms with Crippen molar-refractivity contribution in [2.45, 2.75) is 39.2 Å².